The van der Waals surface area contributed by atoms with Crippen molar-refractivity contribution in [2.45, 2.75) is 0 Å². The van der Waals surface area contributed by atoms with E-state index in [1.165, 1.54) is 0 Å². The minimum Gasteiger partial charge on any atom is -0.338 e. The van der Waals surface area contributed by atoms with Crippen LogP contribution in [0.25, 0.3) is 0 Å². The van der Waals surface area contributed by atoms with Crippen molar-refractivity contribution in [3.63, 3.8) is 0 Å². The summed E-state index contributed by atoms with van der Waals surface area (Å²) in [6, 6.07) is 10.8. The van der Waals surface area contributed by atoms with Gasteiger partial charge in [-0.1, -0.05) is 35.3 Å². The standard InChI is InChI=1S/C10H7Cl2N3/c11-7-3-1-2-4-8(7)13-10-6-5-9(12)14-15-10/h1-6H,(H,13,15). The SMILES string of the molecule is Clc1ccc(Nc2ccccc2Cl)nn1. The number of para-hydroxylation sites is 1. The number of halogens is 2. The van der Waals surface area contributed by atoms with Gasteiger partial charge in [0.25, 0.3) is 0 Å². The fraction of sp³-hybridized carbons (Fsp3) is 0. The van der Waals surface area contributed by atoms with Crippen molar-refractivity contribution in [1.82, 2.24) is 10.2 Å². The van der Waals surface area contributed by atoms with E-state index in [9.17, 15) is 0 Å². The first-order valence-electron chi connectivity index (χ1n) is 4.26. The molecule has 2 rings (SSSR count). The first-order valence-corrected chi connectivity index (χ1v) is 5.02. The lowest BCUT2D eigenvalue weighted by molar-refractivity contribution is 1.04. The van der Waals surface area contributed by atoms with Gasteiger partial charge in [-0.05, 0) is 24.3 Å². The summed E-state index contributed by atoms with van der Waals surface area (Å²) in [5.41, 5.74) is 0.788. The fourth-order valence-electron chi connectivity index (χ4n) is 1.08. The van der Waals surface area contributed by atoms with Gasteiger partial charge >= 0.3 is 0 Å². The van der Waals surface area contributed by atoms with Crippen LogP contribution in [0.4, 0.5) is 11.5 Å². The predicted octanol–water partition coefficient (Wildman–Crippen LogP) is 3.53. The molecule has 0 fully saturated rings. The summed E-state index contributed by atoms with van der Waals surface area (Å²) in [5.74, 6) is 0.604. The van der Waals surface area contributed by atoms with E-state index in [4.69, 9.17) is 23.2 Å². The third-order valence-corrected chi connectivity index (χ3v) is 2.30. The lowest BCUT2D eigenvalue weighted by atomic mass is 10.3. The largest absolute Gasteiger partial charge is 0.338 e. The maximum Gasteiger partial charge on any atom is 0.153 e. The van der Waals surface area contributed by atoms with E-state index in [0.717, 1.165) is 5.69 Å². The summed E-state index contributed by atoms with van der Waals surface area (Å²) in [7, 11) is 0. The lowest BCUT2D eigenvalue weighted by Gasteiger charge is -2.05. The second-order valence-corrected chi connectivity index (χ2v) is 3.64. The zero-order valence-corrected chi connectivity index (χ0v) is 9.13. The lowest BCUT2D eigenvalue weighted by Crippen LogP contribution is -1.95. The molecule has 0 saturated carbocycles. The zero-order valence-electron chi connectivity index (χ0n) is 7.61. The number of anilines is 2. The van der Waals surface area contributed by atoms with Crippen LogP contribution in [0.1, 0.15) is 0 Å². The Morgan fingerprint density at radius 3 is 2.40 bits per heavy atom. The summed E-state index contributed by atoms with van der Waals surface area (Å²) in [6.07, 6.45) is 0. The average Bonchev–Trinajstić information content (AvgIpc) is 2.25. The molecule has 1 aromatic heterocycles. The molecule has 76 valence electrons. The summed E-state index contributed by atoms with van der Waals surface area (Å²) < 4.78 is 0. The van der Waals surface area contributed by atoms with Crippen LogP contribution in [0, 0.1) is 0 Å². The van der Waals surface area contributed by atoms with Crippen LogP contribution in [0.5, 0.6) is 0 Å². The molecule has 0 spiro atoms. The quantitative estimate of drug-likeness (QED) is 0.872. The molecular formula is C10H7Cl2N3. The van der Waals surface area contributed by atoms with Crippen LogP contribution in [-0.2, 0) is 0 Å². The first kappa shape index (κ1) is 10.2. The maximum atomic E-state index is 5.97. The van der Waals surface area contributed by atoms with E-state index in [1.807, 2.05) is 18.2 Å². The second kappa shape index (κ2) is 4.47. The highest BCUT2D eigenvalue weighted by molar-refractivity contribution is 6.33. The number of aromatic nitrogens is 2. The highest BCUT2D eigenvalue weighted by Gasteiger charge is 2.00. The Morgan fingerprint density at radius 2 is 1.73 bits per heavy atom. The Labute approximate surface area is 97.1 Å². The number of nitrogens with one attached hydrogen (secondary N) is 1. The van der Waals surface area contributed by atoms with Crippen molar-refractivity contribution in [2.24, 2.45) is 0 Å². The van der Waals surface area contributed by atoms with Gasteiger partial charge in [0, 0.05) is 0 Å². The minimum absolute atomic E-state index is 0.361. The third-order valence-electron chi connectivity index (χ3n) is 1.77. The van der Waals surface area contributed by atoms with E-state index < -0.39 is 0 Å². The molecule has 0 aliphatic carbocycles. The summed E-state index contributed by atoms with van der Waals surface area (Å²) in [5, 5.41) is 11.6. The topological polar surface area (TPSA) is 37.8 Å². The molecule has 0 aliphatic heterocycles. The van der Waals surface area contributed by atoms with Gasteiger partial charge in [0.05, 0.1) is 10.7 Å². The Kier molecular flexibility index (Phi) is 3.04. The molecule has 5 heteroatoms. The number of nitrogens with zero attached hydrogens (tertiary/aromatic N) is 2. The van der Waals surface area contributed by atoms with Crippen molar-refractivity contribution < 1.29 is 0 Å². The van der Waals surface area contributed by atoms with E-state index in [-0.39, 0.29) is 0 Å². The van der Waals surface area contributed by atoms with Crippen LogP contribution in [0.2, 0.25) is 10.2 Å². The molecular weight excluding hydrogens is 233 g/mol. The summed E-state index contributed by atoms with van der Waals surface area (Å²) >= 11 is 11.6. The number of rotatable bonds is 2. The monoisotopic (exact) mass is 239 g/mol. The number of hydrogen-bond acceptors (Lipinski definition) is 3. The van der Waals surface area contributed by atoms with Crippen molar-refractivity contribution in [3.05, 3.63) is 46.6 Å². The van der Waals surface area contributed by atoms with E-state index in [2.05, 4.69) is 15.5 Å². The molecule has 0 bridgehead atoms. The van der Waals surface area contributed by atoms with Gasteiger partial charge in [-0.25, -0.2) is 0 Å². The fourth-order valence-corrected chi connectivity index (χ4v) is 1.37. The Balaban J connectivity index is 2.22. The summed E-state index contributed by atoms with van der Waals surface area (Å²) in [6.45, 7) is 0. The molecule has 1 heterocycles. The molecule has 0 amide bonds. The molecule has 1 N–H and O–H groups in total. The van der Waals surface area contributed by atoms with Gasteiger partial charge < -0.3 is 5.32 Å². The van der Waals surface area contributed by atoms with Crippen molar-refractivity contribution in [2.75, 3.05) is 5.32 Å². The zero-order chi connectivity index (χ0) is 10.7. The second-order valence-electron chi connectivity index (χ2n) is 2.85. The van der Waals surface area contributed by atoms with Gasteiger partial charge in [-0.2, -0.15) is 0 Å². The van der Waals surface area contributed by atoms with Crippen LogP contribution >= 0.6 is 23.2 Å². The molecule has 0 saturated heterocycles. The molecule has 0 aliphatic rings. The smallest absolute Gasteiger partial charge is 0.153 e. The molecule has 1 aromatic carbocycles. The van der Waals surface area contributed by atoms with Crippen LogP contribution < -0.4 is 5.32 Å². The molecule has 0 unspecified atom stereocenters. The summed E-state index contributed by atoms with van der Waals surface area (Å²) in [4.78, 5) is 0. The van der Waals surface area contributed by atoms with Crippen LogP contribution in [0.3, 0.4) is 0 Å². The van der Waals surface area contributed by atoms with E-state index in [1.54, 1.807) is 18.2 Å². The van der Waals surface area contributed by atoms with Gasteiger partial charge in [0.15, 0.2) is 11.0 Å². The Bertz CT molecular complexity index is 456. The van der Waals surface area contributed by atoms with Crippen molar-refractivity contribution >= 4 is 34.7 Å². The number of hydrogen-bond donors (Lipinski definition) is 1. The van der Waals surface area contributed by atoms with E-state index >= 15 is 0 Å². The first-order chi connectivity index (χ1) is 7.25. The number of benzene rings is 1. The minimum atomic E-state index is 0.361. The highest BCUT2D eigenvalue weighted by atomic mass is 35.5. The third kappa shape index (κ3) is 2.58. The van der Waals surface area contributed by atoms with E-state index in [0.29, 0.717) is 16.0 Å². The molecule has 3 nitrogen and oxygen atoms in total. The predicted molar refractivity (Wildman–Crippen MR) is 61.8 cm³/mol. The van der Waals surface area contributed by atoms with Gasteiger partial charge in [0.2, 0.25) is 0 Å². The Morgan fingerprint density at radius 1 is 0.933 bits per heavy atom. The van der Waals surface area contributed by atoms with Crippen molar-refractivity contribution in [3.8, 4) is 0 Å². The van der Waals surface area contributed by atoms with Gasteiger partial charge in [-0.3, -0.25) is 0 Å². The highest BCUT2D eigenvalue weighted by Crippen LogP contribution is 2.23. The normalized spacial score (nSPS) is 10.0. The van der Waals surface area contributed by atoms with Crippen LogP contribution in [0.15, 0.2) is 36.4 Å². The molecule has 15 heavy (non-hydrogen) atoms. The van der Waals surface area contributed by atoms with Gasteiger partial charge in [0.1, 0.15) is 0 Å². The van der Waals surface area contributed by atoms with Crippen molar-refractivity contribution in [1.29, 1.82) is 0 Å². The Hall–Kier alpha value is -1.32. The average molecular weight is 240 g/mol. The van der Waals surface area contributed by atoms with Crippen LogP contribution in [-0.4, -0.2) is 10.2 Å². The molecule has 0 atom stereocenters. The van der Waals surface area contributed by atoms with Gasteiger partial charge in [-0.15, -0.1) is 10.2 Å². The molecule has 2 aromatic rings. The maximum absolute atomic E-state index is 5.97. The molecule has 0 radical (unpaired) electrons.